The molecule has 0 radical (unpaired) electrons. The minimum Gasteiger partial charge on any atom is -0.348 e. The second-order valence-electron chi connectivity index (χ2n) is 5.76. The van der Waals surface area contributed by atoms with Crippen LogP contribution in [0.1, 0.15) is 10.8 Å². The Morgan fingerprint density at radius 1 is 1.04 bits per heavy atom. The number of rotatable bonds is 6. The molecule has 2 aromatic rings. The maximum absolute atomic E-state index is 12.5. The molecule has 6 nitrogen and oxygen atoms in total. The van der Waals surface area contributed by atoms with Crippen molar-refractivity contribution >= 4 is 27.7 Å². The van der Waals surface area contributed by atoms with Gasteiger partial charge >= 0.3 is 0 Å². The lowest BCUT2D eigenvalue weighted by Gasteiger charge is -2.20. The van der Waals surface area contributed by atoms with Gasteiger partial charge in [-0.05, 0) is 17.7 Å². The van der Waals surface area contributed by atoms with E-state index < -0.39 is 15.3 Å². The minimum absolute atomic E-state index is 0.0528. The number of hydrogen-bond donors (Lipinski definition) is 0. The molecular formula is C17H21N3O3S2. The third kappa shape index (κ3) is 4.59. The van der Waals surface area contributed by atoms with E-state index in [0.717, 1.165) is 9.87 Å². The highest BCUT2D eigenvalue weighted by Gasteiger charge is 2.24. The number of likely N-dealkylation sites (N-methyl/N-ethyl adjacent to an activating group) is 1. The van der Waals surface area contributed by atoms with Gasteiger partial charge in [0.2, 0.25) is 15.9 Å². The molecule has 134 valence electrons. The van der Waals surface area contributed by atoms with E-state index in [-0.39, 0.29) is 10.8 Å². The fourth-order valence-corrected chi connectivity index (χ4v) is 4.00. The van der Waals surface area contributed by atoms with Crippen molar-refractivity contribution in [2.45, 2.75) is 15.2 Å². The SMILES string of the molecule is CN(C)C(=O)C(Sc1ccc(S(=O)(=O)N(C)C)cn1)c1ccccc1. The average molecular weight is 380 g/mol. The van der Waals surface area contributed by atoms with Gasteiger partial charge in [-0.3, -0.25) is 4.79 Å². The van der Waals surface area contributed by atoms with Crippen LogP contribution >= 0.6 is 11.8 Å². The summed E-state index contributed by atoms with van der Waals surface area (Å²) in [6.45, 7) is 0. The first kappa shape index (κ1) is 19.4. The fourth-order valence-electron chi connectivity index (χ4n) is 2.04. The number of hydrogen-bond acceptors (Lipinski definition) is 5. The van der Waals surface area contributed by atoms with E-state index in [2.05, 4.69) is 4.98 Å². The summed E-state index contributed by atoms with van der Waals surface area (Å²) >= 11 is 1.30. The van der Waals surface area contributed by atoms with Crippen molar-refractivity contribution < 1.29 is 13.2 Å². The van der Waals surface area contributed by atoms with Crippen molar-refractivity contribution in [2.75, 3.05) is 28.2 Å². The van der Waals surface area contributed by atoms with Gasteiger partial charge < -0.3 is 4.90 Å². The number of carbonyl (C=O) groups is 1. The number of aromatic nitrogens is 1. The maximum atomic E-state index is 12.5. The first-order chi connectivity index (χ1) is 11.7. The molecule has 0 fully saturated rings. The first-order valence-corrected chi connectivity index (χ1v) is 9.87. The number of nitrogens with zero attached hydrogens (tertiary/aromatic N) is 3. The van der Waals surface area contributed by atoms with E-state index in [1.807, 2.05) is 30.3 Å². The normalized spacial score (nSPS) is 12.8. The largest absolute Gasteiger partial charge is 0.348 e. The molecule has 0 bridgehead atoms. The highest BCUT2D eigenvalue weighted by Crippen LogP contribution is 2.35. The van der Waals surface area contributed by atoms with Crippen molar-refractivity contribution in [3.8, 4) is 0 Å². The van der Waals surface area contributed by atoms with E-state index in [4.69, 9.17) is 0 Å². The molecule has 1 amide bonds. The van der Waals surface area contributed by atoms with E-state index >= 15 is 0 Å². The molecule has 8 heteroatoms. The number of carbonyl (C=O) groups excluding carboxylic acids is 1. The first-order valence-electron chi connectivity index (χ1n) is 7.55. The Kier molecular flexibility index (Phi) is 6.21. The van der Waals surface area contributed by atoms with Crippen LogP contribution in [0.25, 0.3) is 0 Å². The van der Waals surface area contributed by atoms with Crippen molar-refractivity contribution in [3.63, 3.8) is 0 Å². The molecule has 0 spiro atoms. The van der Waals surface area contributed by atoms with Gasteiger partial charge in [-0.25, -0.2) is 17.7 Å². The number of benzene rings is 1. The molecule has 25 heavy (non-hydrogen) atoms. The smallest absolute Gasteiger partial charge is 0.244 e. The molecule has 1 atom stereocenters. The van der Waals surface area contributed by atoms with Crippen LogP contribution in [0, 0.1) is 0 Å². The Hall–Kier alpha value is -1.90. The summed E-state index contributed by atoms with van der Waals surface area (Å²) in [5.74, 6) is -0.0528. The number of pyridine rings is 1. The quantitative estimate of drug-likeness (QED) is 0.720. The van der Waals surface area contributed by atoms with E-state index in [1.165, 1.54) is 43.0 Å². The monoisotopic (exact) mass is 379 g/mol. The highest BCUT2D eigenvalue weighted by atomic mass is 32.2. The lowest BCUT2D eigenvalue weighted by atomic mass is 10.1. The molecule has 0 aliphatic carbocycles. The topological polar surface area (TPSA) is 70.6 Å². The molecule has 0 saturated carbocycles. The average Bonchev–Trinajstić information content (AvgIpc) is 2.60. The Labute approximate surface area is 152 Å². The van der Waals surface area contributed by atoms with Gasteiger partial charge in [-0.2, -0.15) is 0 Å². The summed E-state index contributed by atoms with van der Waals surface area (Å²) < 4.78 is 25.3. The van der Waals surface area contributed by atoms with Gasteiger partial charge in [0.25, 0.3) is 0 Å². The molecule has 0 aliphatic rings. The van der Waals surface area contributed by atoms with Crippen LogP contribution in [0.3, 0.4) is 0 Å². The summed E-state index contributed by atoms with van der Waals surface area (Å²) in [5, 5.41) is 0.141. The van der Waals surface area contributed by atoms with E-state index in [0.29, 0.717) is 5.03 Å². The van der Waals surface area contributed by atoms with Gasteiger partial charge in [0, 0.05) is 34.4 Å². The van der Waals surface area contributed by atoms with Crippen LogP contribution in [-0.2, 0) is 14.8 Å². The van der Waals surface area contributed by atoms with Gasteiger partial charge in [0.05, 0.1) is 5.03 Å². The van der Waals surface area contributed by atoms with Crippen molar-refractivity contribution in [1.29, 1.82) is 0 Å². The summed E-state index contributed by atoms with van der Waals surface area (Å²) in [4.78, 5) is 18.4. The molecule has 2 rings (SSSR count). The Balaban J connectivity index is 2.29. The van der Waals surface area contributed by atoms with Crippen LogP contribution in [0.5, 0.6) is 0 Å². The van der Waals surface area contributed by atoms with Crippen LogP contribution in [-0.4, -0.2) is 56.7 Å². The summed E-state index contributed by atoms with van der Waals surface area (Å²) in [5.41, 5.74) is 0.873. The molecule has 0 aliphatic heterocycles. The van der Waals surface area contributed by atoms with Gasteiger partial charge in [-0.1, -0.05) is 42.1 Å². The van der Waals surface area contributed by atoms with Crippen LogP contribution in [0.15, 0.2) is 58.6 Å². The third-order valence-corrected chi connectivity index (χ3v) is 6.48. The highest BCUT2D eigenvalue weighted by molar-refractivity contribution is 8.00. The molecule has 1 aromatic carbocycles. The number of sulfonamides is 1. The fraction of sp³-hybridized carbons (Fsp3) is 0.294. The molecule has 1 unspecified atom stereocenters. The third-order valence-electron chi connectivity index (χ3n) is 3.49. The lowest BCUT2D eigenvalue weighted by molar-refractivity contribution is -0.128. The molecule has 0 saturated heterocycles. The van der Waals surface area contributed by atoms with Crippen molar-refractivity contribution in [3.05, 3.63) is 54.2 Å². The summed E-state index contributed by atoms with van der Waals surface area (Å²) in [6, 6.07) is 12.6. The second-order valence-corrected chi connectivity index (χ2v) is 9.04. The van der Waals surface area contributed by atoms with Gasteiger partial charge in [-0.15, -0.1) is 0 Å². The second kappa shape index (κ2) is 7.99. The Bertz CT molecular complexity index is 820. The number of thioether (sulfide) groups is 1. The van der Waals surface area contributed by atoms with Crippen LogP contribution in [0.2, 0.25) is 0 Å². The zero-order valence-electron chi connectivity index (χ0n) is 14.6. The number of amides is 1. The summed E-state index contributed by atoms with van der Waals surface area (Å²) in [6.07, 6.45) is 1.32. The van der Waals surface area contributed by atoms with Gasteiger partial charge in [0.15, 0.2) is 0 Å². The van der Waals surface area contributed by atoms with E-state index in [9.17, 15) is 13.2 Å². The van der Waals surface area contributed by atoms with E-state index in [1.54, 1.807) is 20.2 Å². The van der Waals surface area contributed by atoms with Crippen LogP contribution < -0.4 is 0 Å². The molecule has 1 heterocycles. The standard InChI is InChI=1S/C17H21N3O3S2/c1-19(2)17(21)16(13-8-6-5-7-9-13)24-15-11-10-14(12-18-15)25(22,23)20(3)4/h5-12,16H,1-4H3. The van der Waals surface area contributed by atoms with Gasteiger partial charge in [0.1, 0.15) is 10.1 Å². The molecule has 0 N–H and O–H groups in total. The van der Waals surface area contributed by atoms with Crippen molar-refractivity contribution in [1.82, 2.24) is 14.2 Å². The zero-order valence-corrected chi connectivity index (χ0v) is 16.2. The predicted molar refractivity (Wildman–Crippen MR) is 98.8 cm³/mol. The maximum Gasteiger partial charge on any atom is 0.244 e. The van der Waals surface area contributed by atoms with Crippen LogP contribution in [0.4, 0.5) is 0 Å². The molecular weight excluding hydrogens is 358 g/mol. The molecule has 1 aromatic heterocycles. The zero-order chi connectivity index (χ0) is 18.6. The van der Waals surface area contributed by atoms with Crippen molar-refractivity contribution in [2.24, 2.45) is 0 Å². The lowest BCUT2D eigenvalue weighted by Crippen LogP contribution is -2.26. The Morgan fingerprint density at radius 3 is 2.16 bits per heavy atom. The predicted octanol–water partition coefficient (Wildman–Crippen LogP) is 2.25. The Morgan fingerprint density at radius 2 is 1.68 bits per heavy atom. The minimum atomic E-state index is -3.52. The summed E-state index contributed by atoms with van der Waals surface area (Å²) in [7, 11) is 2.84.